The zero-order valence-electron chi connectivity index (χ0n) is 13.2. The van der Waals surface area contributed by atoms with Gasteiger partial charge in [0.2, 0.25) is 0 Å². The van der Waals surface area contributed by atoms with Crippen LogP contribution >= 0.6 is 11.6 Å². The number of benzene rings is 1. The van der Waals surface area contributed by atoms with E-state index < -0.39 is 0 Å². The molecule has 5 nitrogen and oxygen atoms in total. The zero-order chi connectivity index (χ0) is 16.2. The minimum Gasteiger partial charge on any atom is -0.349 e. The molecule has 1 unspecified atom stereocenters. The van der Waals surface area contributed by atoms with E-state index in [0.717, 1.165) is 25.1 Å². The molecule has 0 saturated carbocycles. The van der Waals surface area contributed by atoms with Crippen LogP contribution in [-0.2, 0) is 0 Å². The maximum absolute atomic E-state index is 12.3. The van der Waals surface area contributed by atoms with Crippen molar-refractivity contribution in [3.63, 3.8) is 0 Å². The summed E-state index contributed by atoms with van der Waals surface area (Å²) in [5.41, 5.74) is 1.95. The third kappa shape index (κ3) is 3.57. The number of likely N-dealkylation sites (N-methyl/N-ethyl adjacent to an activating group) is 1. The van der Waals surface area contributed by atoms with Crippen molar-refractivity contribution < 1.29 is 4.79 Å². The van der Waals surface area contributed by atoms with Gasteiger partial charge in [-0.05, 0) is 38.1 Å². The molecule has 1 amide bonds. The number of nitrogens with zero attached hydrogens (tertiary/aromatic N) is 2. The second kappa shape index (κ2) is 7.15. The SMILES string of the molecule is CCN1CCCC1CNC(=O)c1cc(-c2ccccc2Cl)n[nH]1. The average Bonchev–Trinajstić information content (AvgIpc) is 3.22. The Balaban J connectivity index is 1.64. The number of hydrogen-bond acceptors (Lipinski definition) is 3. The number of hydrogen-bond donors (Lipinski definition) is 2. The quantitative estimate of drug-likeness (QED) is 0.885. The third-order valence-electron chi connectivity index (χ3n) is 4.38. The minimum atomic E-state index is -0.126. The van der Waals surface area contributed by atoms with Crippen LogP contribution in [0.5, 0.6) is 0 Å². The van der Waals surface area contributed by atoms with Crippen molar-refractivity contribution in [2.45, 2.75) is 25.8 Å². The molecule has 2 heterocycles. The average molecular weight is 333 g/mol. The maximum Gasteiger partial charge on any atom is 0.269 e. The fourth-order valence-electron chi connectivity index (χ4n) is 3.09. The zero-order valence-corrected chi connectivity index (χ0v) is 13.9. The summed E-state index contributed by atoms with van der Waals surface area (Å²) in [4.78, 5) is 14.7. The molecular formula is C17H21ClN4O. The summed E-state index contributed by atoms with van der Waals surface area (Å²) in [6.45, 7) is 4.98. The van der Waals surface area contributed by atoms with Crippen LogP contribution in [0.4, 0.5) is 0 Å². The van der Waals surface area contributed by atoms with E-state index in [2.05, 4.69) is 27.3 Å². The number of likely N-dealkylation sites (tertiary alicyclic amines) is 1. The van der Waals surface area contributed by atoms with Crippen molar-refractivity contribution in [2.24, 2.45) is 0 Å². The van der Waals surface area contributed by atoms with Gasteiger partial charge in [0.15, 0.2) is 0 Å². The van der Waals surface area contributed by atoms with Crippen molar-refractivity contribution >= 4 is 17.5 Å². The van der Waals surface area contributed by atoms with Gasteiger partial charge in [-0.2, -0.15) is 5.10 Å². The first kappa shape index (κ1) is 16.0. The normalized spacial score (nSPS) is 18.3. The predicted octanol–water partition coefficient (Wildman–Crippen LogP) is 2.94. The Morgan fingerprint density at radius 1 is 1.48 bits per heavy atom. The van der Waals surface area contributed by atoms with Crippen molar-refractivity contribution in [3.05, 3.63) is 41.0 Å². The molecule has 0 spiro atoms. The van der Waals surface area contributed by atoms with E-state index in [1.807, 2.05) is 24.3 Å². The summed E-state index contributed by atoms with van der Waals surface area (Å²) < 4.78 is 0. The summed E-state index contributed by atoms with van der Waals surface area (Å²) in [6.07, 6.45) is 2.34. The maximum atomic E-state index is 12.3. The highest BCUT2D eigenvalue weighted by Crippen LogP contribution is 2.26. The van der Waals surface area contributed by atoms with Gasteiger partial charge in [0.1, 0.15) is 5.69 Å². The number of aromatic nitrogens is 2. The lowest BCUT2D eigenvalue weighted by atomic mass is 10.1. The highest BCUT2D eigenvalue weighted by atomic mass is 35.5. The van der Waals surface area contributed by atoms with Crippen molar-refractivity contribution in [3.8, 4) is 11.3 Å². The Morgan fingerprint density at radius 2 is 2.30 bits per heavy atom. The van der Waals surface area contributed by atoms with Gasteiger partial charge in [0.05, 0.1) is 10.7 Å². The first-order chi connectivity index (χ1) is 11.2. The molecule has 6 heteroatoms. The molecule has 1 aliphatic rings. The summed E-state index contributed by atoms with van der Waals surface area (Å²) >= 11 is 6.17. The lowest BCUT2D eigenvalue weighted by Crippen LogP contribution is -2.40. The van der Waals surface area contributed by atoms with E-state index in [-0.39, 0.29) is 5.91 Å². The second-order valence-electron chi connectivity index (χ2n) is 5.78. The minimum absolute atomic E-state index is 0.126. The highest BCUT2D eigenvalue weighted by molar-refractivity contribution is 6.33. The van der Waals surface area contributed by atoms with Gasteiger partial charge < -0.3 is 5.32 Å². The van der Waals surface area contributed by atoms with Crippen LogP contribution < -0.4 is 5.32 Å². The molecule has 2 N–H and O–H groups in total. The number of amides is 1. The molecule has 122 valence electrons. The lowest BCUT2D eigenvalue weighted by Gasteiger charge is -2.22. The van der Waals surface area contributed by atoms with Crippen LogP contribution in [0, 0.1) is 0 Å². The van der Waals surface area contributed by atoms with E-state index in [9.17, 15) is 4.79 Å². The van der Waals surface area contributed by atoms with E-state index in [4.69, 9.17) is 11.6 Å². The molecule has 1 saturated heterocycles. The summed E-state index contributed by atoms with van der Waals surface area (Å²) in [6, 6.07) is 9.64. The topological polar surface area (TPSA) is 61.0 Å². The molecule has 0 bridgehead atoms. The fourth-order valence-corrected chi connectivity index (χ4v) is 3.33. The molecule has 0 radical (unpaired) electrons. The molecule has 2 aromatic rings. The number of halogens is 1. The number of rotatable bonds is 5. The van der Waals surface area contributed by atoms with Gasteiger partial charge in [0, 0.05) is 18.2 Å². The van der Waals surface area contributed by atoms with E-state index in [0.29, 0.717) is 29.0 Å². The van der Waals surface area contributed by atoms with Gasteiger partial charge in [-0.25, -0.2) is 0 Å². The van der Waals surface area contributed by atoms with E-state index in [1.54, 1.807) is 6.07 Å². The Hall–Kier alpha value is -1.85. The van der Waals surface area contributed by atoms with Crippen molar-refractivity contribution in [2.75, 3.05) is 19.6 Å². The Morgan fingerprint density at radius 3 is 3.09 bits per heavy atom. The van der Waals surface area contributed by atoms with E-state index in [1.165, 1.54) is 6.42 Å². The molecule has 1 fully saturated rings. The monoisotopic (exact) mass is 332 g/mol. The fraction of sp³-hybridized carbons (Fsp3) is 0.412. The lowest BCUT2D eigenvalue weighted by molar-refractivity contribution is 0.0936. The molecule has 3 rings (SSSR count). The van der Waals surface area contributed by atoms with Crippen molar-refractivity contribution in [1.29, 1.82) is 0 Å². The summed E-state index contributed by atoms with van der Waals surface area (Å²) in [5.74, 6) is -0.126. The highest BCUT2D eigenvalue weighted by Gasteiger charge is 2.23. The van der Waals surface area contributed by atoms with Crippen LogP contribution in [0.15, 0.2) is 30.3 Å². The molecule has 0 aliphatic carbocycles. The van der Waals surface area contributed by atoms with Crippen molar-refractivity contribution in [1.82, 2.24) is 20.4 Å². The van der Waals surface area contributed by atoms with Gasteiger partial charge in [0.25, 0.3) is 5.91 Å². The van der Waals surface area contributed by atoms with Crippen LogP contribution in [-0.4, -0.2) is 46.7 Å². The van der Waals surface area contributed by atoms with Gasteiger partial charge in [-0.1, -0.05) is 36.7 Å². The summed E-state index contributed by atoms with van der Waals surface area (Å²) in [7, 11) is 0. The molecule has 1 aromatic carbocycles. The molecule has 1 aliphatic heterocycles. The Bertz CT molecular complexity index is 685. The Labute approximate surface area is 141 Å². The van der Waals surface area contributed by atoms with E-state index >= 15 is 0 Å². The third-order valence-corrected chi connectivity index (χ3v) is 4.71. The van der Waals surface area contributed by atoms with Crippen LogP contribution in [0.3, 0.4) is 0 Å². The van der Waals surface area contributed by atoms with Gasteiger partial charge in [-0.3, -0.25) is 14.8 Å². The number of nitrogens with one attached hydrogen (secondary N) is 2. The number of H-pyrrole nitrogens is 1. The number of carbonyl (C=O) groups excluding carboxylic acids is 1. The van der Waals surface area contributed by atoms with Gasteiger partial charge in [-0.15, -0.1) is 0 Å². The predicted molar refractivity (Wildman–Crippen MR) is 91.6 cm³/mol. The molecule has 23 heavy (non-hydrogen) atoms. The standard InChI is InChI=1S/C17H21ClN4O/c1-2-22-9-5-6-12(22)11-19-17(23)16-10-15(20-21-16)13-7-3-4-8-14(13)18/h3-4,7-8,10,12H,2,5-6,9,11H2,1H3,(H,19,23)(H,20,21). The Kier molecular flexibility index (Phi) is 4.98. The largest absolute Gasteiger partial charge is 0.349 e. The number of carbonyl (C=O) groups is 1. The van der Waals surface area contributed by atoms with Gasteiger partial charge >= 0.3 is 0 Å². The second-order valence-corrected chi connectivity index (χ2v) is 6.19. The first-order valence-electron chi connectivity index (χ1n) is 8.01. The van der Waals surface area contributed by atoms with Crippen LogP contribution in [0.25, 0.3) is 11.3 Å². The molecule has 1 atom stereocenters. The number of aromatic amines is 1. The summed E-state index contributed by atoms with van der Waals surface area (Å²) in [5, 5.41) is 10.6. The molecule has 1 aromatic heterocycles. The molecular weight excluding hydrogens is 312 g/mol. The van der Waals surface area contributed by atoms with Crippen LogP contribution in [0.2, 0.25) is 5.02 Å². The smallest absolute Gasteiger partial charge is 0.269 e. The van der Waals surface area contributed by atoms with Crippen LogP contribution in [0.1, 0.15) is 30.3 Å². The first-order valence-corrected chi connectivity index (χ1v) is 8.39.